The minimum absolute atomic E-state index is 0.0339. The van der Waals surface area contributed by atoms with Crippen molar-refractivity contribution in [2.45, 2.75) is 19.1 Å². The predicted octanol–water partition coefficient (Wildman–Crippen LogP) is 0.407. The molecule has 1 rings (SSSR count). The van der Waals surface area contributed by atoms with Gasteiger partial charge in [-0.2, -0.15) is 0 Å². The summed E-state index contributed by atoms with van der Waals surface area (Å²) in [6.45, 7) is 1.71. The number of aliphatic hydroxyl groups is 2. The van der Waals surface area contributed by atoms with Gasteiger partial charge in [0.25, 0.3) is 0 Å². The first-order valence-corrected chi connectivity index (χ1v) is 4.56. The number of hydrogen-bond acceptors (Lipinski definition) is 4. The molecule has 0 aliphatic carbocycles. The van der Waals surface area contributed by atoms with Crippen LogP contribution in [0.2, 0.25) is 0 Å². The topological polar surface area (TPSA) is 66.5 Å². The Balaban J connectivity index is 2.88. The van der Waals surface area contributed by atoms with Crippen LogP contribution < -0.4 is 5.73 Å². The van der Waals surface area contributed by atoms with E-state index in [1.54, 1.807) is 6.92 Å². The molecule has 68 valence electrons. The Hall–Kier alpha value is -0.420. The molecule has 4 heteroatoms. The van der Waals surface area contributed by atoms with Crippen molar-refractivity contribution in [1.29, 1.82) is 0 Å². The van der Waals surface area contributed by atoms with Gasteiger partial charge in [0.15, 0.2) is 0 Å². The molecule has 0 bridgehead atoms. The van der Waals surface area contributed by atoms with Crippen molar-refractivity contribution >= 4 is 11.3 Å². The summed E-state index contributed by atoms with van der Waals surface area (Å²) in [6.07, 6.45) is 0. The van der Waals surface area contributed by atoms with E-state index in [1.807, 2.05) is 11.4 Å². The lowest BCUT2D eigenvalue weighted by molar-refractivity contribution is 0.210. The number of thiophene rings is 1. The van der Waals surface area contributed by atoms with Crippen molar-refractivity contribution in [2.24, 2.45) is 5.73 Å². The summed E-state index contributed by atoms with van der Waals surface area (Å²) in [7, 11) is 0. The van der Waals surface area contributed by atoms with E-state index in [0.29, 0.717) is 0 Å². The van der Waals surface area contributed by atoms with Crippen LogP contribution in [-0.4, -0.2) is 16.8 Å². The van der Waals surface area contributed by atoms with Crippen molar-refractivity contribution in [1.82, 2.24) is 0 Å². The first-order chi connectivity index (χ1) is 5.60. The summed E-state index contributed by atoms with van der Waals surface area (Å²) < 4.78 is 0. The van der Waals surface area contributed by atoms with Crippen LogP contribution in [0.3, 0.4) is 0 Å². The van der Waals surface area contributed by atoms with E-state index in [1.165, 1.54) is 11.3 Å². The fraction of sp³-hybridized carbons (Fsp3) is 0.500. The summed E-state index contributed by atoms with van der Waals surface area (Å²) in [4.78, 5) is 0.870. The second-order valence-electron chi connectivity index (χ2n) is 3.04. The Bertz CT molecular complexity index is 257. The first kappa shape index (κ1) is 9.67. The van der Waals surface area contributed by atoms with Crippen molar-refractivity contribution in [2.75, 3.05) is 6.61 Å². The largest absolute Gasteiger partial charge is 0.394 e. The zero-order chi connectivity index (χ0) is 9.19. The molecule has 0 amide bonds. The van der Waals surface area contributed by atoms with Crippen LogP contribution in [0.15, 0.2) is 11.4 Å². The number of nitrogens with two attached hydrogens (primary N) is 1. The van der Waals surface area contributed by atoms with Gasteiger partial charge in [0.1, 0.15) is 0 Å². The molecule has 0 unspecified atom stereocenters. The molecule has 0 fully saturated rings. The summed E-state index contributed by atoms with van der Waals surface area (Å²) in [6, 6.07) is 1.82. The maximum Gasteiger partial charge on any atom is 0.0774 e. The van der Waals surface area contributed by atoms with E-state index < -0.39 is 5.54 Å². The molecule has 0 aliphatic heterocycles. The van der Waals surface area contributed by atoms with Crippen LogP contribution in [0.4, 0.5) is 0 Å². The Labute approximate surface area is 75.5 Å². The standard InChI is InChI=1S/C8H13NO2S/c1-8(9,5-11)6-2-7(3-10)12-4-6/h2,4,10-11H,3,5,9H2,1H3/t8-/m0/s1. The average Bonchev–Trinajstić information content (AvgIpc) is 2.52. The SMILES string of the molecule is C[C@](N)(CO)c1csc(CO)c1. The highest BCUT2D eigenvalue weighted by Gasteiger charge is 2.20. The third kappa shape index (κ3) is 1.84. The van der Waals surface area contributed by atoms with E-state index in [9.17, 15) is 0 Å². The molecular weight excluding hydrogens is 174 g/mol. The van der Waals surface area contributed by atoms with Crippen molar-refractivity contribution < 1.29 is 10.2 Å². The third-order valence-electron chi connectivity index (χ3n) is 1.80. The molecule has 0 radical (unpaired) electrons. The zero-order valence-electron chi connectivity index (χ0n) is 6.95. The number of rotatable bonds is 3. The molecule has 0 spiro atoms. The molecule has 1 atom stereocenters. The Kier molecular flexibility index (Phi) is 2.85. The maximum atomic E-state index is 8.95. The lowest BCUT2D eigenvalue weighted by Gasteiger charge is -2.19. The van der Waals surface area contributed by atoms with Gasteiger partial charge in [-0.05, 0) is 23.9 Å². The molecular formula is C8H13NO2S. The van der Waals surface area contributed by atoms with Gasteiger partial charge in [0.05, 0.1) is 18.8 Å². The molecule has 0 saturated heterocycles. The van der Waals surface area contributed by atoms with Gasteiger partial charge in [-0.1, -0.05) is 0 Å². The summed E-state index contributed by atoms with van der Waals surface area (Å²) in [5.74, 6) is 0. The van der Waals surface area contributed by atoms with Gasteiger partial charge < -0.3 is 15.9 Å². The summed E-state index contributed by atoms with van der Waals surface area (Å²) >= 11 is 1.45. The molecule has 0 saturated carbocycles. The monoisotopic (exact) mass is 187 g/mol. The van der Waals surface area contributed by atoms with Crippen LogP contribution in [0.5, 0.6) is 0 Å². The quantitative estimate of drug-likeness (QED) is 0.642. The summed E-state index contributed by atoms with van der Waals surface area (Å²) in [5, 5.41) is 19.6. The highest BCUT2D eigenvalue weighted by atomic mass is 32.1. The van der Waals surface area contributed by atoms with E-state index >= 15 is 0 Å². The fourth-order valence-corrected chi connectivity index (χ4v) is 1.74. The van der Waals surface area contributed by atoms with E-state index in [4.69, 9.17) is 15.9 Å². The lowest BCUT2D eigenvalue weighted by atomic mass is 9.97. The minimum atomic E-state index is -0.691. The van der Waals surface area contributed by atoms with Crippen LogP contribution in [0.1, 0.15) is 17.4 Å². The third-order valence-corrected chi connectivity index (χ3v) is 2.72. The second kappa shape index (κ2) is 3.53. The smallest absolute Gasteiger partial charge is 0.0774 e. The highest BCUT2D eigenvalue weighted by Crippen LogP contribution is 2.23. The molecule has 1 aromatic heterocycles. The van der Waals surface area contributed by atoms with Crippen LogP contribution >= 0.6 is 11.3 Å². The molecule has 1 heterocycles. The van der Waals surface area contributed by atoms with Gasteiger partial charge >= 0.3 is 0 Å². The molecule has 3 nitrogen and oxygen atoms in total. The molecule has 1 aromatic rings. The van der Waals surface area contributed by atoms with Crippen LogP contribution in [0, 0.1) is 0 Å². The van der Waals surface area contributed by atoms with Gasteiger partial charge in [-0.3, -0.25) is 0 Å². The number of hydrogen-bond donors (Lipinski definition) is 3. The second-order valence-corrected chi connectivity index (χ2v) is 4.03. The van der Waals surface area contributed by atoms with Gasteiger partial charge in [-0.15, -0.1) is 11.3 Å². The zero-order valence-corrected chi connectivity index (χ0v) is 7.77. The molecule has 12 heavy (non-hydrogen) atoms. The lowest BCUT2D eigenvalue weighted by Crippen LogP contribution is -2.36. The van der Waals surface area contributed by atoms with Crippen LogP contribution in [0.25, 0.3) is 0 Å². The predicted molar refractivity (Wildman–Crippen MR) is 48.9 cm³/mol. The van der Waals surface area contributed by atoms with Crippen LogP contribution in [-0.2, 0) is 12.1 Å². The van der Waals surface area contributed by atoms with E-state index in [-0.39, 0.29) is 13.2 Å². The van der Waals surface area contributed by atoms with Gasteiger partial charge in [0, 0.05) is 4.88 Å². The maximum absolute atomic E-state index is 8.95. The fourth-order valence-electron chi connectivity index (χ4n) is 0.854. The minimum Gasteiger partial charge on any atom is -0.394 e. The molecule has 0 aliphatic rings. The summed E-state index contributed by atoms with van der Waals surface area (Å²) in [5.41, 5.74) is 5.96. The Morgan fingerprint density at radius 1 is 1.58 bits per heavy atom. The van der Waals surface area contributed by atoms with E-state index in [2.05, 4.69) is 0 Å². The first-order valence-electron chi connectivity index (χ1n) is 3.68. The Morgan fingerprint density at radius 3 is 2.67 bits per heavy atom. The van der Waals surface area contributed by atoms with Crippen molar-refractivity contribution in [3.8, 4) is 0 Å². The number of aliphatic hydroxyl groups excluding tert-OH is 2. The van der Waals surface area contributed by atoms with Gasteiger partial charge in [0.2, 0.25) is 0 Å². The average molecular weight is 187 g/mol. The highest BCUT2D eigenvalue weighted by molar-refractivity contribution is 7.10. The van der Waals surface area contributed by atoms with Gasteiger partial charge in [-0.25, -0.2) is 0 Å². The van der Waals surface area contributed by atoms with Crippen molar-refractivity contribution in [3.63, 3.8) is 0 Å². The Morgan fingerprint density at radius 2 is 2.25 bits per heavy atom. The van der Waals surface area contributed by atoms with E-state index in [0.717, 1.165) is 10.4 Å². The normalized spacial score (nSPS) is 16.0. The molecule has 4 N–H and O–H groups in total. The molecule has 0 aromatic carbocycles. The van der Waals surface area contributed by atoms with Crippen molar-refractivity contribution in [3.05, 3.63) is 21.9 Å².